The van der Waals surface area contributed by atoms with E-state index in [9.17, 15) is 4.39 Å². The Bertz CT molecular complexity index is 973. The van der Waals surface area contributed by atoms with Gasteiger partial charge in [-0.3, -0.25) is 0 Å². The molecule has 0 saturated heterocycles. The van der Waals surface area contributed by atoms with Crippen molar-refractivity contribution >= 4 is 33.3 Å². The third kappa shape index (κ3) is 3.07. The number of rotatable bonds is 3. The third-order valence-electron chi connectivity index (χ3n) is 3.76. The average Bonchev–Trinajstić information content (AvgIpc) is 3.03. The Morgan fingerprint density at radius 3 is 2.42 bits per heavy atom. The number of halogens is 1. The largest absolute Gasteiger partial charge is 0.236 e. The average molecular weight is 351 g/mol. The van der Waals surface area contributed by atoms with E-state index in [1.807, 2.05) is 30.3 Å². The fraction of sp³-hybridized carbons (Fsp3) is 0.0500. The molecule has 3 aromatic carbocycles. The summed E-state index contributed by atoms with van der Waals surface area (Å²) in [6, 6.07) is 21.8. The highest BCUT2D eigenvalue weighted by molar-refractivity contribution is 7.99. The van der Waals surface area contributed by atoms with Gasteiger partial charge in [0.25, 0.3) is 0 Å². The van der Waals surface area contributed by atoms with Crippen LogP contribution in [0.2, 0.25) is 0 Å². The summed E-state index contributed by atoms with van der Waals surface area (Å²) in [5, 5.41) is 1.03. The minimum Gasteiger partial charge on any atom is -0.236 e. The predicted molar refractivity (Wildman–Crippen MR) is 100 cm³/mol. The quantitative estimate of drug-likeness (QED) is 0.414. The first-order valence-electron chi connectivity index (χ1n) is 7.59. The first kappa shape index (κ1) is 15.4. The Balaban J connectivity index is 1.58. The second kappa shape index (κ2) is 6.38. The van der Waals surface area contributed by atoms with Crippen molar-refractivity contribution in [2.75, 3.05) is 0 Å². The van der Waals surface area contributed by atoms with Gasteiger partial charge in [-0.15, -0.1) is 11.3 Å². The zero-order valence-corrected chi connectivity index (χ0v) is 14.6. The first-order valence-corrected chi connectivity index (χ1v) is 9.22. The molecule has 0 radical (unpaired) electrons. The van der Waals surface area contributed by atoms with Gasteiger partial charge in [-0.25, -0.2) is 9.37 Å². The fourth-order valence-corrected chi connectivity index (χ4v) is 4.37. The lowest BCUT2D eigenvalue weighted by molar-refractivity contribution is 0.617. The second-order valence-electron chi connectivity index (χ2n) is 5.52. The van der Waals surface area contributed by atoms with E-state index in [0.29, 0.717) is 5.56 Å². The number of nitrogens with zero attached hydrogens (tertiary/aromatic N) is 1. The van der Waals surface area contributed by atoms with Crippen molar-refractivity contribution in [2.24, 2.45) is 0 Å². The molecule has 4 aromatic rings. The lowest BCUT2D eigenvalue weighted by Crippen LogP contribution is -1.82. The Kier molecular flexibility index (Phi) is 4.08. The van der Waals surface area contributed by atoms with Crippen molar-refractivity contribution in [3.63, 3.8) is 0 Å². The van der Waals surface area contributed by atoms with E-state index in [1.165, 1.54) is 10.8 Å². The number of hydrogen-bond donors (Lipinski definition) is 0. The molecule has 0 spiro atoms. The number of fused-ring (bicyclic) bond motifs is 1. The van der Waals surface area contributed by atoms with Gasteiger partial charge in [-0.05, 0) is 55.0 Å². The highest BCUT2D eigenvalue weighted by atomic mass is 32.2. The van der Waals surface area contributed by atoms with Crippen molar-refractivity contribution in [1.29, 1.82) is 0 Å². The van der Waals surface area contributed by atoms with Crippen molar-refractivity contribution in [3.05, 3.63) is 78.1 Å². The van der Waals surface area contributed by atoms with Crippen LogP contribution in [0.4, 0.5) is 4.39 Å². The van der Waals surface area contributed by atoms with Crippen LogP contribution >= 0.6 is 23.1 Å². The number of benzene rings is 3. The Morgan fingerprint density at radius 1 is 0.917 bits per heavy atom. The van der Waals surface area contributed by atoms with E-state index in [1.54, 1.807) is 30.0 Å². The molecule has 1 aromatic heterocycles. The molecule has 0 N–H and O–H groups in total. The van der Waals surface area contributed by atoms with Crippen LogP contribution in [0.1, 0.15) is 5.56 Å². The van der Waals surface area contributed by atoms with E-state index in [-0.39, 0.29) is 5.82 Å². The molecule has 0 unspecified atom stereocenters. The molecule has 0 atom stereocenters. The van der Waals surface area contributed by atoms with Crippen LogP contribution in [0, 0.1) is 12.7 Å². The molecule has 4 heteroatoms. The molecule has 0 aliphatic rings. The van der Waals surface area contributed by atoms with Crippen LogP contribution in [-0.4, -0.2) is 4.98 Å². The van der Waals surface area contributed by atoms with Crippen LogP contribution in [0.3, 0.4) is 0 Å². The maximum atomic E-state index is 13.4. The minimum atomic E-state index is -0.162. The second-order valence-corrected chi connectivity index (χ2v) is 7.70. The van der Waals surface area contributed by atoms with Gasteiger partial charge in [-0.2, -0.15) is 0 Å². The van der Waals surface area contributed by atoms with E-state index in [0.717, 1.165) is 25.9 Å². The summed E-state index contributed by atoms with van der Waals surface area (Å²) in [4.78, 5) is 6.86. The highest BCUT2D eigenvalue weighted by Crippen LogP contribution is 2.33. The molecule has 0 aliphatic heterocycles. The van der Waals surface area contributed by atoms with Gasteiger partial charge in [0.05, 0.1) is 10.2 Å². The van der Waals surface area contributed by atoms with Crippen molar-refractivity contribution in [3.8, 4) is 10.6 Å². The fourth-order valence-electron chi connectivity index (χ4n) is 2.48. The SMILES string of the molecule is Cc1cc(Sc2ccc(-c3nc4ccccc4s3)cc2)ccc1F. The van der Waals surface area contributed by atoms with E-state index >= 15 is 0 Å². The van der Waals surface area contributed by atoms with Crippen LogP contribution < -0.4 is 0 Å². The summed E-state index contributed by atoms with van der Waals surface area (Å²) in [6.45, 7) is 1.79. The van der Waals surface area contributed by atoms with Gasteiger partial charge >= 0.3 is 0 Å². The Hall–Kier alpha value is -2.17. The number of aryl methyl sites for hydroxylation is 1. The molecular weight excluding hydrogens is 337 g/mol. The molecule has 1 nitrogen and oxygen atoms in total. The van der Waals surface area contributed by atoms with E-state index < -0.39 is 0 Å². The summed E-state index contributed by atoms with van der Waals surface area (Å²) >= 11 is 3.34. The number of thiazole rings is 1. The van der Waals surface area contributed by atoms with E-state index in [2.05, 4.69) is 35.3 Å². The molecule has 0 saturated carbocycles. The maximum Gasteiger partial charge on any atom is 0.126 e. The van der Waals surface area contributed by atoms with Crippen molar-refractivity contribution < 1.29 is 4.39 Å². The number of hydrogen-bond acceptors (Lipinski definition) is 3. The first-order chi connectivity index (χ1) is 11.7. The molecule has 118 valence electrons. The molecule has 0 bridgehead atoms. The summed E-state index contributed by atoms with van der Waals surface area (Å²) in [5.41, 5.74) is 2.83. The lowest BCUT2D eigenvalue weighted by Gasteiger charge is -2.04. The summed E-state index contributed by atoms with van der Waals surface area (Å²) < 4.78 is 14.6. The van der Waals surface area contributed by atoms with Crippen LogP contribution in [0.5, 0.6) is 0 Å². The van der Waals surface area contributed by atoms with Crippen LogP contribution in [0.15, 0.2) is 76.5 Å². The zero-order chi connectivity index (χ0) is 16.5. The number of aromatic nitrogens is 1. The predicted octanol–water partition coefficient (Wildman–Crippen LogP) is 6.56. The highest BCUT2D eigenvalue weighted by Gasteiger charge is 2.06. The molecule has 0 amide bonds. The summed E-state index contributed by atoms with van der Waals surface area (Å²) in [7, 11) is 0. The molecule has 4 rings (SSSR count). The van der Waals surface area contributed by atoms with Crippen molar-refractivity contribution in [1.82, 2.24) is 4.98 Å². The molecule has 0 aliphatic carbocycles. The molecular formula is C20H14FNS2. The monoisotopic (exact) mass is 351 g/mol. The van der Waals surface area contributed by atoms with Gasteiger partial charge in [0.2, 0.25) is 0 Å². The molecule has 0 fully saturated rings. The Morgan fingerprint density at radius 2 is 1.67 bits per heavy atom. The summed E-state index contributed by atoms with van der Waals surface area (Å²) in [6.07, 6.45) is 0. The van der Waals surface area contributed by atoms with Gasteiger partial charge in [0.1, 0.15) is 10.8 Å². The van der Waals surface area contributed by atoms with Gasteiger partial charge in [0, 0.05) is 15.4 Å². The maximum absolute atomic E-state index is 13.4. The standard InChI is InChI=1S/C20H14FNS2/c1-13-12-16(10-11-17(13)21)23-15-8-6-14(7-9-15)20-22-18-4-2-3-5-19(18)24-20/h2-12H,1H3. The lowest BCUT2D eigenvalue weighted by atomic mass is 10.2. The zero-order valence-electron chi connectivity index (χ0n) is 13.0. The molecule has 24 heavy (non-hydrogen) atoms. The minimum absolute atomic E-state index is 0.162. The topological polar surface area (TPSA) is 12.9 Å². The van der Waals surface area contributed by atoms with Crippen molar-refractivity contribution in [2.45, 2.75) is 16.7 Å². The van der Waals surface area contributed by atoms with Gasteiger partial charge in [-0.1, -0.05) is 36.0 Å². The Labute approximate surface area is 148 Å². The third-order valence-corrected chi connectivity index (χ3v) is 5.84. The van der Waals surface area contributed by atoms with Gasteiger partial charge < -0.3 is 0 Å². The van der Waals surface area contributed by atoms with Gasteiger partial charge in [0.15, 0.2) is 0 Å². The molecule has 1 heterocycles. The number of para-hydroxylation sites is 1. The normalized spacial score (nSPS) is 11.1. The van der Waals surface area contributed by atoms with E-state index in [4.69, 9.17) is 0 Å². The smallest absolute Gasteiger partial charge is 0.126 e. The van der Waals surface area contributed by atoms with Crippen LogP contribution in [-0.2, 0) is 0 Å². The van der Waals surface area contributed by atoms with Crippen LogP contribution in [0.25, 0.3) is 20.8 Å². The summed E-state index contributed by atoms with van der Waals surface area (Å²) in [5.74, 6) is -0.162.